The summed E-state index contributed by atoms with van der Waals surface area (Å²) in [5.41, 5.74) is 0. The maximum atomic E-state index is 5.77. The summed E-state index contributed by atoms with van der Waals surface area (Å²) in [5.74, 6) is 1.75. The third-order valence-electron chi connectivity index (χ3n) is 2.74. The van der Waals surface area contributed by atoms with Crippen molar-refractivity contribution in [2.75, 3.05) is 11.9 Å². The van der Waals surface area contributed by atoms with Crippen LogP contribution in [0.4, 0.5) is 5.82 Å². The summed E-state index contributed by atoms with van der Waals surface area (Å²) in [6.07, 6.45) is 8.24. The molecule has 1 aromatic rings. The first-order valence-corrected chi connectivity index (χ1v) is 6.91. The molecule has 3 heteroatoms. The van der Waals surface area contributed by atoms with Crippen LogP contribution in [0.2, 0.25) is 5.02 Å². The molecule has 0 saturated carbocycles. The SMILES string of the molecule is CC(C)CCCCCCNc1ccc(Cl)cn1. The second kappa shape index (κ2) is 8.35. The second-order valence-electron chi connectivity index (χ2n) is 4.89. The number of rotatable bonds is 8. The molecule has 0 aliphatic rings. The predicted octanol–water partition coefficient (Wildman–Crippen LogP) is 4.75. The van der Waals surface area contributed by atoms with Gasteiger partial charge in [0.05, 0.1) is 5.02 Å². The van der Waals surface area contributed by atoms with E-state index in [9.17, 15) is 0 Å². The molecule has 0 radical (unpaired) electrons. The number of nitrogens with zero attached hydrogens (tertiary/aromatic N) is 1. The van der Waals surface area contributed by atoms with Gasteiger partial charge in [-0.05, 0) is 24.5 Å². The fraction of sp³-hybridized carbons (Fsp3) is 0.643. The van der Waals surface area contributed by atoms with Crippen molar-refractivity contribution in [1.29, 1.82) is 0 Å². The lowest BCUT2D eigenvalue weighted by molar-refractivity contribution is 0.523. The van der Waals surface area contributed by atoms with E-state index in [1.54, 1.807) is 6.20 Å². The molecule has 0 amide bonds. The van der Waals surface area contributed by atoms with Crippen LogP contribution in [0, 0.1) is 5.92 Å². The van der Waals surface area contributed by atoms with Crippen molar-refractivity contribution < 1.29 is 0 Å². The minimum absolute atomic E-state index is 0.684. The number of hydrogen-bond donors (Lipinski definition) is 1. The van der Waals surface area contributed by atoms with Gasteiger partial charge in [0.25, 0.3) is 0 Å². The Bertz CT molecular complexity index is 296. The summed E-state index contributed by atoms with van der Waals surface area (Å²) in [7, 11) is 0. The number of halogens is 1. The molecular formula is C14H23ClN2. The van der Waals surface area contributed by atoms with Gasteiger partial charge in [-0.1, -0.05) is 51.1 Å². The van der Waals surface area contributed by atoms with Gasteiger partial charge in [0.1, 0.15) is 5.82 Å². The van der Waals surface area contributed by atoms with Crippen LogP contribution in [0.3, 0.4) is 0 Å². The zero-order chi connectivity index (χ0) is 12.5. The number of hydrogen-bond acceptors (Lipinski definition) is 2. The topological polar surface area (TPSA) is 24.9 Å². The molecule has 1 rings (SSSR count). The molecule has 0 spiro atoms. The quantitative estimate of drug-likeness (QED) is 0.677. The van der Waals surface area contributed by atoms with E-state index in [1.807, 2.05) is 12.1 Å². The Kier molecular flexibility index (Phi) is 7.02. The molecule has 0 aromatic carbocycles. The molecule has 1 N–H and O–H groups in total. The number of unbranched alkanes of at least 4 members (excludes halogenated alkanes) is 3. The van der Waals surface area contributed by atoms with Crippen molar-refractivity contribution >= 4 is 17.4 Å². The first kappa shape index (κ1) is 14.3. The molecular weight excluding hydrogens is 232 g/mol. The highest BCUT2D eigenvalue weighted by Gasteiger charge is 1.96. The molecule has 0 aliphatic heterocycles. The molecule has 1 heterocycles. The lowest BCUT2D eigenvalue weighted by atomic mass is 10.0. The molecule has 0 atom stereocenters. The van der Waals surface area contributed by atoms with Crippen LogP contribution >= 0.6 is 11.6 Å². The molecule has 17 heavy (non-hydrogen) atoms. The highest BCUT2D eigenvalue weighted by atomic mass is 35.5. The molecule has 0 saturated heterocycles. The van der Waals surface area contributed by atoms with Gasteiger partial charge in [-0.3, -0.25) is 0 Å². The van der Waals surface area contributed by atoms with Crippen LogP contribution in [0.1, 0.15) is 46.0 Å². The number of aromatic nitrogens is 1. The van der Waals surface area contributed by atoms with E-state index in [4.69, 9.17) is 11.6 Å². The minimum Gasteiger partial charge on any atom is -0.370 e. The van der Waals surface area contributed by atoms with Crippen LogP contribution < -0.4 is 5.32 Å². The average Bonchev–Trinajstić information content (AvgIpc) is 2.30. The summed E-state index contributed by atoms with van der Waals surface area (Å²) in [5, 5.41) is 3.99. The van der Waals surface area contributed by atoms with Crippen LogP contribution in [-0.2, 0) is 0 Å². The van der Waals surface area contributed by atoms with Crippen molar-refractivity contribution in [2.45, 2.75) is 46.0 Å². The summed E-state index contributed by atoms with van der Waals surface area (Å²) in [4.78, 5) is 4.19. The minimum atomic E-state index is 0.684. The highest BCUT2D eigenvalue weighted by Crippen LogP contribution is 2.11. The van der Waals surface area contributed by atoms with E-state index >= 15 is 0 Å². The number of anilines is 1. The Hall–Kier alpha value is -0.760. The smallest absolute Gasteiger partial charge is 0.125 e. The van der Waals surface area contributed by atoms with Crippen molar-refractivity contribution in [3.63, 3.8) is 0 Å². The first-order chi connectivity index (χ1) is 8.18. The maximum absolute atomic E-state index is 5.77. The normalized spacial score (nSPS) is 10.8. The van der Waals surface area contributed by atoms with Gasteiger partial charge in [0, 0.05) is 12.7 Å². The average molecular weight is 255 g/mol. The van der Waals surface area contributed by atoms with E-state index in [2.05, 4.69) is 24.1 Å². The second-order valence-corrected chi connectivity index (χ2v) is 5.32. The van der Waals surface area contributed by atoms with Crippen LogP contribution in [-0.4, -0.2) is 11.5 Å². The predicted molar refractivity (Wildman–Crippen MR) is 75.7 cm³/mol. The lowest BCUT2D eigenvalue weighted by Gasteiger charge is -2.06. The van der Waals surface area contributed by atoms with Crippen molar-refractivity contribution in [1.82, 2.24) is 4.98 Å². The Balaban J connectivity index is 1.99. The summed E-state index contributed by atoms with van der Waals surface area (Å²) in [6, 6.07) is 3.78. The van der Waals surface area contributed by atoms with Gasteiger partial charge in [-0.25, -0.2) is 4.98 Å². The van der Waals surface area contributed by atoms with Gasteiger partial charge in [-0.15, -0.1) is 0 Å². The molecule has 0 aliphatic carbocycles. The third-order valence-corrected chi connectivity index (χ3v) is 2.97. The summed E-state index contributed by atoms with van der Waals surface area (Å²) < 4.78 is 0. The Morgan fingerprint density at radius 2 is 1.94 bits per heavy atom. The monoisotopic (exact) mass is 254 g/mol. The summed E-state index contributed by atoms with van der Waals surface area (Å²) >= 11 is 5.77. The lowest BCUT2D eigenvalue weighted by Crippen LogP contribution is -2.02. The van der Waals surface area contributed by atoms with Crippen LogP contribution in [0.5, 0.6) is 0 Å². The maximum Gasteiger partial charge on any atom is 0.125 e. The van der Waals surface area contributed by atoms with Crippen molar-refractivity contribution in [2.24, 2.45) is 5.92 Å². The van der Waals surface area contributed by atoms with Crippen molar-refractivity contribution in [3.8, 4) is 0 Å². The zero-order valence-electron chi connectivity index (χ0n) is 10.9. The highest BCUT2D eigenvalue weighted by molar-refractivity contribution is 6.30. The van der Waals surface area contributed by atoms with Gasteiger partial charge >= 0.3 is 0 Å². The largest absolute Gasteiger partial charge is 0.370 e. The first-order valence-electron chi connectivity index (χ1n) is 6.54. The Labute approximate surface area is 110 Å². The fourth-order valence-corrected chi connectivity index (χ4v) is 1.84. The number of nitrogens with one attached hydrogen (secondary N) is 1. The Morgan fingerprint density at radius 1 is 1.18 bits per heavy atom. The van der Waals surface area contributed by atoms with Gasteiger partial charge in [0.2, 0.25) is 0 Å². The zero-order valence-corrected chi connectivity index (χ0v) is 11.6. The Morgan fingerprint density at radius 3 is 2.59 bits per heavy atom. The molecule has 96 valence electrons. The summed E-state index contributed by atoms with van der Waals surface area (Å²) in [6.45, 7) is 5.57. The molecule has 2 nitrogen and oxygen atoms in total. The van der Waals surface area contributed by atoms with Gasteiger partial charge in [-0.2, -0.15) is 0 Å². The van der Waals surface area contributed by atoms with Crippen LogP contribution in [0.25, 0.3) is 0 Å². The van der Waals surface area contributed by atoms with E-state index < -0.39 is 0 Å². The van der Waals surface area contributed by atoms with E-state index in [1.165, 1.54) is 32.1 Å². The molecule has 0 fully saturated rings. The molecule has 0 bridgehead atoms. The van der Waals surface area contributed by atoms with Gasteiger partial charge < -0.3 is 5.32 Å². The third kappa shape index (κ3) is 7.22. The number of pyridine rings is 1. The molecule has 1 aromatic heterocycles. The van der Waals surface area contributed by atoms with Crippen molar-refractivity contribution in [3.05, 3.63) is 23.4 Å². The van der Waals surface area contributed by atoms with E-state index in [-0.39, 0.29) is 0 Å². The standard InChI is InChI=1S/C14H23ClN2/c1-12(2)7-5-3-4-6-10-16-14-9-8-13(15)11-17-14/h8-9,11-12H,3-7,10H2,1-2H3,(H,16,17). The van der Waals surface area contributed by atoms with E-state index in [0.717, 1.165) is 18.3 Å². The van der Waals surface area contributed by atoms with Crippen LogP contribution in [0.15, 0.2) is 18.3 Å². The molecule has 0 unspecified atom stereocenters. The van der Waals surface area contributed by atoms with E-state index in [0.29, 0.717) is 5.02 Å². The fourth-order valence-electron chi connectivity index (χ4n) is 1.73. The van der Waals surface area contributed by atoms with Gasteiger partial charge in [0.15, 0.2) is 0 Å².